The summed E-state index contributed by atoms with van der Waals surface area (Å²) < 4.78 is 11.2. The van der Waals surface area contributed by atoms with Crippen molar-refractivity contribution >= 4 is 31.9 Å². The van der Waals surface area contributed by atoms with E-state index in [4.69, 9.17) is 9.47 Å². The molecule has 4 heteroatoms. The lowest BCUT2D eigenvalue weighted by Crippen LogP contribution is -2.07. The Morgan fingerprint density at radius 2 is 1.19 bits per heavy atom. The SMILES string of the molecule is CCC(Br)Oc1ccc(OC(Br)CC)cc1. The van der Waals surface area contributed by atoms with E-state index in [1.807, 2.05) is 24.3 Å². The molecule has 0 amide bonds. The third-order valence-corrected chi connectivity index (χ3v) is 3.66. The predicted octanol–water partition coefficient (Wildman–Crippen LogP) is 4.71. The van der Waals surface area contributed by atoms with Crippen LogP contribution in [0.25, 0.3) is 0 Å². The third-order valence-electron chi connectivity index (χ3n) is 1.99. The molecule has 0 spiro atoms. The third kappa shape index (κ3) is 4.74. The van der Waals surface area contributed by atoms with Gasteiger partial charge in [-0.3, -0.25) is 0 Å². The molecule has 16 heavy (non-hydrogen) atoms. The summed E-state index contributed by atoms with van der Waals surface area (Å²) in [6.45, 7) is 4.13. The lowest BCUT2D eigenvalue weighted by atomic mass is 10.3. The van der Waals surface area contributed by atoms with Crippen LogP contribution < -0.4 is 9.47 Å². The van der Waals surface area contributed by atoms with Gasteiger partial charge in [0, 0.05) is 0 Å². The van der Waals surface area contributed by atoms with Gasteiger partial charge in [0.25, 0.3) is 0 Å². The monoisotopic (exact) mass is 350 g/mol. The molecule has 1 rings (SSSR count). The van der Waals surface area contributed by atoms with E-state index in [0.717, 1.165) is 24.3 Å². The lowest BCUT2D eigenvalue weighted by Gasteiger charge is -2.13. The number of rotatable bonds is 6. The average Bonchev–Trinajstić information content (AvgIpc) is 2.31. The fourth-order valence-electron chi connectivity index (χ4n) is 1.06. The first kappa shape index (κ1) is 13.8. The zero-order valence-corrected chi connectivity index (χ0v) is 12.6. The number of ether oxygens (including phenoxy) is 2. The maximum Gasteiger partial charge on any atom is 0.153 e. The fourth-order valence-corrected chi connectivity index (χ4v) is 1.49. The van der Waals surface area contributed by atoms with Crippen LogP contribution in [0.15, 0.2) is 24.3 Å². The van der Waals surface area contributed by atoms with Gasteiger partial charge in [-0.05, 0) is 69.0 Å². The maximum atomic E-state index is 5.60. The van der Waals surface area contributed by atoms with Gasteiger partial charge in [0.2, 0.25) is 0 Å². The van der Waals surface area contributed by atoms with Gasteiger partial charge in [-0.1, -0.05) is 13.8 Å². The van der Waals surface area contributed by atoms with E-state index < -0.39 is 0 Å². The quantitative estimate of drug-likeness (QED) is 0.691. The van der Waals surface area contributed by atoms with E-state index >= 15 is 0 Å². The molecule has 2 nitrogen and oxygen atoms in total. The summed E-state index contributed by atoms with van der Waals surface area (Å²) in [5, 5.41) is 0.137. The van der Waals surface area contributed by atoms with Crippen LogP contribution in [0.3, 0.4) is 0 Å². The Hall–Kier alpha value is -0.220. The van der Waals surface area contributed by atoms with Crippen LogP contribution in [0, 0.1) is 0 Å². The van der Waals surface area contributed by atoms with E-state index in [9.17, 15) is 0 Å². The number of benzene rings is 1. The van der Waals surface area contributed by atoms with Crippen molar-refractivity contribution in [3.63, 3.8) is 0 Å². The second-order valence-corrected chi connectivity index (χ2v) is 5.39. The molecule has 1 aromatic rings. The van der Waals surface area contributed by atoms with Gasteiger partial charge in [0.1, 0.15) is 11.5 Å². The molecule has 0 aliphatic carbocycles. The molecule has 0 N–H and O–H groups in total. The van der Waals surface area contributed by atoms with Gasteiger partial charge >= 0.3 is 0 Å². The molecule has 0 aromatic heterocycles. The highest BCUT2D eigenvalue weighted by Gasteiger charge is 2.05. The van der Waals surface area contributed by atoms with Crippen LogP contribution in [-0.2, 0) is 0 Å². The van der Waals surface area contributed by atoms with Crippen LogP contribution in [0.2, 0.25) is 0 Å². The number of alkyl halides is 2. The zero-order chi connectivity index (χ0) is 12.0. The van der Waals surface area contributed by atoms with Gasteiger partial charge in [-0.25, -0.2) is 0 Å². The number of hydrogen-bond acceptors (Lipinski definition) is 2. The second-order valence-electron chi connectivity index (χ2n) is 3.34. The molecule has 1 aromatic carbocycles. The molecule has 0 aliphatic heterocycles. The standard InChI is InChI=1S/C12H16Br2O2/c1-3-11(13)15-9-5-7-10(8-6-9)16-12(14)4-2/h5-8,11-12H,3-4H2,1-2H3. The van der Waals surface area contributed by atoms with Gasteiger partial charge in [-0.15, -0.1) is 0 Å². The van der Waals surface area contributed by atoms with Crippen molar-refractivity contribution in [2.75, 3.05) is 0 Å². The zero-order valence-electron chi connectivity index (χ0n) is 9.45. The first-order valence-electron chi connectivity index (χ1n) is 5.37. The molecular weight excluding hydrogens is 336 g/mol. The Morgan fingerprint density at radius 3 is 1.44 bits per heavy atom. The molecule has 0 fully saturated rings. The Morgan fingerprint density at radius 1 is 0.875 bits per heavy atom. The van der Waals surface area contributed by atoms with Crippen LogP contribution in [-0.4, -0.2) is 10.0 Å². The largest absolute Gasteiger partial charge is 0.479 e. The summed E-state index contributed by atoms with van der Waals surface area (Å²) in [5.74, 6) is 1.69. The highest BCUT2D eigenvalue weighted by Crippen LogP contribution is 2.22. The Bertz CT molecular complexity index is 269. The molecule has 2 unspecified atom stereocenters. The van der Waals surface area contributed by atoms with Crippen LogP contribution >= 0.6 is 31.9 Å². The molecule has 0 aliphatic rings. The molecule has 2 atom stereocenters. The van der Waals surface area contributed by atoms with Crippen molar-refractivity contribution in [3.8, 4) is 11.5 Å². The minimum absolute atomic E-state index is 0.0684. The molecule has 90 valence electrons. The molecule has 0 saturated heterocycles. The van der Waals surface area contributed by atoms with Crippen molar-refractivity contribution in [2.45, 2.75) is 36.7 Å². The van der Waals surface area contributed by atoms with E-state index in [0.29, 0.717) is 0 Å². The normalized spacial score (nSPS) is 14.2. The van der Waals surface area contributed by atoms with Crippen molar-refractivity contribution < 1.29 is 9.47 Å². The maximum absolute atomic E-state index is 5.60. The van der Waals surface area contributed by atoms with Gasteiger partial charge < -0.3 is 9.47 Å². The molecular formula is C12H16Br2O2. The smallest absolute Gasteiger partial charge is 0.153 e. The first-order chi connectivity index (χ1) is 7.65. The summed E-state index contributed by atoms with van der Waals surface area (Å²) in [6.07, 6.45) is 1.86. The van der Waals surface area contributed by atoms with Gasteiger partial charge in [0.05, 0.1) is 0 Å². The van der Waals surface area contributed by atoms with Crippen molar-refractivity contribution in [2.24, 2.45) is 0 Å². The number of halogens is 2. The Labute approximate surface area is 114 Å². The van der Waals surface area contributed by atoms with Crippen LogP contribution in [0.4, 0.5) is 0 Å². The molecule has 0 heterocycles. The van der Waals surface area contributed by atoms with Crippen molar-refractivity contribution in [1.82, 2.24) is 0 Å². The van der Waals surface area contributed by atoms with Gasteiger partial charge in [0.15, 0.2) is 10.0 Å². The summed E-state index contributed by atoms with van der Waals surface area (Å²) in [5.41, 5.74) is 0. The second kappa shape index (κ2) is 7.17. The van der Waals surface area contributed by atoms with Crippen molar-refractivity contribution in [1.29, 1.82) is 0 Å². The number of hydrogen-bond donors (Lipinski definition) is 0. The summed E-state index contributed by atoms with van der Waals surface area (Å²) in [6, 6.07) is 7.65. The first-order valence-corrected chi connectivity index (χ1v) is 7.20. The lowest BCUT2D eigenvalue weighted by molar-refractivity contribution is 0.282. The van der Waals surface area contributed by atoms with E-state index in [-0.39, 0.29) is 10.0 Å². The Kier molecular flexibility index (Phi) is 6.21. The summed E-state index contributed by atoms with van der Waals surface area (Å²) >= 11 is 6.85. The minimum atomic E-state index is 0.0684. The fraction of sp³-hybridized carbons (Fsp3) is 0.500. The van der Waals surface area contributed by atoms with Gasteiger partial charge in [-0.2, -0.15) is 0 Å². The highest BCUT2D eigenvalue weighted by molar-refractivity contribution is 9.09. The van der Waals surface area contributed by atoms with E-state index in [2.05, 4.69) is 45.7 Å². The molecule has 0 bridgehead atoms. The van der Waals surface area contributed by atoms with Crippen LogP contribution in [0.1, 0.15) is 26.7 Å². The highest BCUT2D eigenvalue weighted by atomic mass is 79.9. The average molecular weight is 352 g/mol. The minimum Gasteiger partial charge on any atom is -0.479 e. The molecule has 0 radical (unpaired) electrons. The Balaban J connectivity index is 2.54. The topological polar surface area (TPSA) is 18.5 Å². The van der Waals surface area contributed by atoms with Crippen molar-refractivity contribution in [3.05, 3.63) is 24.3 Å². The molecule has 0 saturated carbocycles. The van der Waals surface area contributed by atoms with Crippen LogP contribution in [0.5, 0.6) is 11.5 Å². The van der Waals surface area contributed by atoms with E-state index in [1.165, 1.54) is 0 Å². The summed E-state index contributed by atoms with van der Waals surface area (Å²) in [7, 11) is 0. The van der Waals surface area contributed by atoms with E-state index in [1.54, 1.807) is 0 Å². The predicted molar refractivity (Wildman–Crippen MR) is 73.7 cm³/mol. The summed E-state index contributed by atoms with van der Waals surface area (Å²) in [4.78, 5) is 0.